The van der Waals surface area contributed by atoms with Gasteiger partial charge in [0, 0.05) is 40.5 Å². The van der Waals surface area contributed by atoms with Gasteiger partial charge in [-0.3, -0.25) is 9.36 Å². The van der Waals surface area contributed by atoms with Crippen LogP contribution in [0.2, 0.25) is 5.02 Å². The van der Waals surface area contributed by atoms with E-state index in [-0.39, 0.29) is 18.8 Å². The highest BCUT2D eigenvalue weighted by Crippen LogP contribution is 2.32. The van der Waals surface area contributed by atoms with Crippen LogP contribution in [0, 0.1) is 0 Å². The van der Waals surface area contributed by atoms with Gasteiger partial charge in [0.2, 0.25) is 0 Å². The van der Waals surface area contributed by atoms with Gasteiger partial charge in [0.25, 0.3) is 5.56 Å². The zero-order valence-electron chi connectivity index (χ0n) is 22.9. The Hall–Kier alpha value is -3.98. The highest BCUT2D eigenvalue weighted by Gasteiger charge is 2.33. The highest BCUT2D eigenvalue weighted by molar-refractivity contribution is 7.07. The van der Waals surface area contributed by atoms with Gasteiger partial charge in [0.1, 0.15) is 6.61 Å². The van der Waals surface area contributed by atoms with Crippen molar-refractivity contribution >= 4 is 56.8 Å². The molecule has 1 atom stereocenters. The molecule has 0 saturated carbocycles. The molecular formula is C32H28ClN3O4S. The zero-order valence-corrected chi connectivity index (χ0v) is 24.5. The topological polar surface area (TPSA) is 74.8 Å². The first-order valence-electron chi connectivity index (χ1n) is 13.4. The average Bonchev–Trinajstić information content (AvgIpc) is 3.46. The number of esters is 1. The summed E-state index contributed by atoms with van der Waals surface area (Å²) in [7, 11) is 1.54. The molecule has 1 aliphatic rings. The normalized spacial score (nSPS) is 15.4. The van der Waals surface area contributed by atoms with Crippen LogP contribution in [0.3, 0.4) is 0 Å². The lowest BCUT2D eigenvalue weighted by atomic mass is 9.96. The third-order valence-electron chi connectivity index (χ3n) is 7.36. The number of hydrogen-bond acceptors (Lipinski definition) is 6. The summed E-state index contributed by atoms with van der Waals surface area (Å²) in [5.74, 6) is -0.532. The standard InChI is InChI=1S/C32H28ClN3O4S/c1-4-35-25-8-6-5-7-23(25)24-17-20(9-14-26(24)35)18-27-30(37)36-29(21-10-12-22(33)13-11-21)28(19(2)34-32(36)41-27)31(38)40-16-15-39-3/h5-14,17-18,29H,4,15-16H2,1-3H3. The lowest BCUT2D eigenvalue weighted by Gasteiger charge is -2.24. The van der Waals surface area contributed by atoms with Gasteiger partial charge in [-0.2, -0.15) is 0 Å². The number of ether oxygens (including phenoxy) is 2. The Morgan fingerprint density at radius 2 is 1.80 bits per heavy atom. The molecule has 1 aliphatic heterocycles. The van der Waals surface area contributed by atoms with Crippen molar-refractivity contribution in [1.29, 1.82) is 0 Å². The van der Waals surface area contributed by atoms with Crippen LogP contribution < -0.4 is 14.9 Å². The summed E-state index contributed by atoms with van der Waals surface area (Å²) >= 11 is 7.47. The number of thiazole rings is 1. The predicted molar refractivity (Wildman–Crippen MR) is 163 cm³/mol. The Labute approximate surface area is 245 Å². The summed E-state index contributed by atoms with van der Waals surface area (Å²) in [5.41, 5.74) is 4.60. The Bertz CT molecular complexity index is 2020. The number of hydrogen-bond donors (Lipinski definition) is 0. The van der Waals surface area contributed by atoms with Gasteiger partial charge in [-0.25, -0.2) is 9.79 Å². The molecule has 0 amide bonds. The van der Waals surface area contributed by atoms with Crippen LogP contribution in [-0.2, 0) is 20.8 Å². The van der Waals surface area contributed by atoms with Crippen molar-refractivity contribution in [2.24, 2.45) is 4.99 Å². The third kappa shape index (κ3) is 4.82. The van der Waals surface area contributed by atoms with Crippen LogP contribution in [0.1, 0.15) is 31.0 Å². The molecule has 9 heteroatoms. The molecule has 3 heterocycles. The van der Waals surface area contributed by atoms with Crippen LogP contribution in [0.4, 0.5) is 0 Å². The summed E-state index contributed by atoms with van der Waals surface area (Å²) in [4.78, 5) is 32.5. The smallest absolute Gasteiger partial charge is 0.338 e. The summed E-state index contributed by atoms with van der Waals surface area (Å²) in [6, 6.07) is 21.1. The fourth-order valence-corrected chi connectivity index (χ4v) is 6.66. The molecule has 0 spiro atoms. The molecule has 41 heavy (non-hydrogen) atoms. The maximum absolute atomic E-state index is 14.0. The highest BCUT2D eigenvalue weighted by atomic mass is 35.5. The maximum Gasteiger partial charge on any atom is 0.338 e. The minimum atomic E-state index is -0.703. The molecule has 1 unspecified atom stereocenters. The van der Waals surface area contributed by atoms with Crippen LogP contribution in [-0.4, -0.2) is 35.4 Å². The number of fused-ring (bicyclic) bond motifs is 4. The van der Waals surface area contributed by atoms with Crippen LogP contribution in [0.25, 0.3) is 27.9 Å². The Morgan fingerprint density at radius 1 is 1.05 bits per heavy atom. The van der Waals surface area contributed by atoms with E-state index in [1.807, 2.05) is 30.3 Å². The summed E-state index contributed by atoms with van der Waals surface area (Å²) in [6.45, 7) is 5.14. The van der Waals surface area contributed by atoms with E-state index in [1.54, 1.807) is 30.7 Å². The second-order valence-electron chi connectivity index (χ2n) is 9.80. The first kappa shape index (κ1) is 27.2. The van der Waals surface area contributed by atoms with Gasteiger partial charge in [-0.1, -0.05) is 59.3 Å². The molecule has 3 aromatic carbocycles. The van der Waals surface area contributed by atoms with Crippen molar-refractivity contribution in [3.63, 3.8) is 0 Å². The number of carbonyl (C=O) groups excluding carboxylic acids is 1. The molecule has 2 aromatic heterocycles. The Morgan fingerprint density at radius 3 is 2.56 bits per heavy atom. The van der Waals surface area contributed by atoms with E-state index in [0.717, 1.165) is 28.6 Å². The molecule has 0 bridgehead atoms. The SMILES string of the molecule is CCn1c2ccccc2c2cc(C=c3sc4n(c3=O)C(c3ccc(Cl)cc3)C(C(=O)OCCOC)=C(C)N=4)ccc21. The number of nitrogens with zero attached hydrogens (tertiary/aromatic N) is 3. The van der Waals surface area contributed by atoms with Gasteiger partial charge in [0.05, 0.1) is 28.5 Å². The molecule has 0 saturated heterocycles. The fraction of sp³-hybridized carbons (Fsp3) is 0.219. The van der Waals surface area contributed by atoms with Crippen molar-refractivity contribution in [1.82, 2.24) is 9.13 Å². The van der Waals surface area contributed by atoms with E-state index in [2.05, 4.69) is 46.8 Å². The number of para-hydroxylation sites is 1. The minimum Gasteiger partial charge on any atom is -0.460 e. The van der Waals surface area contributed by atoms with Crippen LogP contribution in [0.5, 0.6) is 0 Å². The van der Waals surface area contributed by atoms with E-state index >= 15 is 0 Å². The largest absolute Gasteiger partial charge is 0.460 e. The van der Waals surface area contributed by atoms with Gasteiger partial charge in [0.15, 0.2) is 4.80 Å². The fourth-order valence-electron chi connectivity index (χ4n) is 5.49. The number of benzene rings is 3. The number of aryl methyl sites for hydroxylation is 1. The maximum atomic E-state index is 14.0. The first-order chi connectivity index (χ1) is 19.9. The van der Waals surface area contributed by atoms with E-state index < -0.39 is 12.0 Å². The Kier molecular flexibility index (Phi) is 7.38. The molecule has 5 aromatic rings. The number of methoxy groups -OCH3 is 1. The first-order valence-corrected chi connectivity index (χ1v) is 14.6. The van der Waals surface area contributed by atoms with Gasteiger partial charge >= 0.3 is 5.97 Å². The van der Waals surface area contributed by atoms with Crippen molar-refractivity contribution in [2.45, 2.75) is 26.4 Å². The quantitative estimate of drug-likeness (QED) is 0.194. The summed E-state index contributed by atoms with van der Waals surface area (Å²) in [6.07, 6.45) is 1.90. The minimum absolute atomic E-state index is 0.0980. The monoisotopic (exact) mass is 585 g/mol. The predicted octanol–water partition coefficient (Wildman–Crippen LogP) is 5.21. The Balaban J connectivity index is 1.50. The number of rotatable bonds is 7. The third-order valence-corrected chi connectivity index (χ3v) is 8.59. The van der Waals surface area contributed by atoms with Gasteiger partial charge in [-0.15, -0.1) is 0 Å². The lowest BCUT2D eigenvalue weighted by Crippen LogP contribution is -2.40. The van der Waals surface area contributed by atoms with E-state index in [1.165, 1.54) is 22.2 Å². The molecule has 6 rings (SSSR count). The molecule has 208 valence electrons. The van der Waals surface area contributed by atoms with Crippen molar-refractivity contribution in [3.8, 4) is 0 Å². The van der Waals surface area contributed by atoms with Crippen molar-refractivity contribution in [2.75, 3.05) is 20.3 Å². The second-order valence-corrected chi connectivity index (χ2v) is 11.2. The van der Waals surface area contributed by atoms with Crippen molar-refractivity contribution in [3.05, 3.63) is 114 Å². The van der Waals surface area contributed by atoms with Crippen molar-refractivity contribution < 1.29 is 14.3 Å². The van der Waals surface area contributed by atoms with Crippen LogP contribution >= 0.6 is 22.9 Å². The molecule has 0 aliphatic carbocycles. The number of carbonyl (C=O) groups is 1. The second kappa shape index (κ2) is 11.1. The van der Waals surface area contributed by atoms with Crippen LogP contribution in [0.15, 0.2) is 87.8 Å². The molecule has 0 radical (unpaired) electrons. The van der Waals surface area contributed by atoms with E-state index in [4.69, 9.17) is 21.1 Å². The van der Waals surface area contributed by atoms with E-state index in [9.17, 15) is 9.59 Å². The molecular weight excluding hydrogens is 558 g/mol. The summed E-state index contributed by atoms with van der Waals surface area (Å²) in [5, 5.41) is 2.88. The molecule has 7 nitrogen and oxygen atoms in total. The average molecular weight is 586 g/mol. The van der Waals surface area contributed by atoms with Gasteiger partial charge in [-0.05, 0) is 61.4 Å². The number of allylic oxidation sites excluding steroid dienone is 1. The zero-order chi connectivity index (χ0) is 28.7. The van der Waals surface area contributed by atoms with E-state index in [0.29, 0.717) is 25.6 Å². The number of aromatic nitrogens is 2. The summed E-state index contributed by atoms with van der Waals surface area (Å²) < 4.78 is 14.9. The number of halogens is 1. The molecule has 0 fully saturated rings. The molecule has 0 N–H and O–H groups in total. The van der Waals surface area contributed by atoms with Gasteiger partial charge < -0.3 is 14.0 Å². The lowest BCUT2D eigenvalue weighted by molar-refractivity contribution is -0.140.